The van der Waals surface area contributed by atoms with Crippen molar-refractivity contribution in [3.8, 4) is 0 Å². The molecule has 17 heavy (non-hydrogen) atoms. The lowest BCUT2D eigenvalue weighted by Gasteiger charge is -2.21. The molecule has 0 aliphatic carbocycles. The summed E-state index contributed by atoms with van der Waals surface area (Å²) in [6.45, 7) is 1.58. The molecule has 1 aliphatic rings. The second kappa shape index (κ2) is 5.86. The van der Waals surface area contributed by atoms with Crippen LogP contribution in [0.2, 0.25) is 0 Å². The van der Waals surface area contributed by atoms with Crippen LogP contribution >= 0.6 is 0 Å². The lowest BCUT2D eigenvalue weighted by atomic mass is 9.97. The summed E-state index contributed by atoms with van der Waals surface area (Å²) in [4.78, 5) is 8.36. The van der Waals surface area contributed by atoms with Crippen molar-refractivity contribution in [3.05, 3.63) is 18.1 Å². The SMILES string of the molecule is FC(F)CNc1cnc([C@@H]2CCCNC2)cn1. The highest BCUT2D eigenvalue weighted by atomic mass is 19.3. The maximum atomic E-state index is 12.0. The molecule has 1 aromatic rings. The minimum Gasteiger partial charge on any atom is -0.363 e. The van der Waals surface area contributed by atoms with Crippen molar-refractivity contribution >= 4 is 5.82 Å². The molecule has 0 saturated carbocycles. The van der Waals surface area contributed by atoms with Gasteiger partial charge < -0.3 is 10.6 Å². The number of nitrogens with zero attached hydrogens (tertiary/aromatic N) is 2. The monoisotopic (exact) mass is 242 g/mol. The molecule has 2 rings (SSSR count). The molecule has 2 heterocycles. The van der Waals surface area contributed by atoms with Crippen molar-refractivity contribution in [2.24, 2.45) is 0 Å². The Bertz CT molecular complexity index is 336. The zero-order chi connectivity index (χ0) is 12.1. The molecule has 0 amide bonds. The van der Waals surface area contributed by atoms with Crippen molar-refractivity contribution in [2.45, 2.75) is 25.2 Å². The lowest BCUT2D eigenvalue weighted by Crippen LogP contribution is -2.28. The van der Waals surface area contributed by atoms with Crippen LogP contribution < -0.4 is 10.6 Å². The van der Waals surface area contributed by atoms with Gasteiger partial charge in [0, 0.05) is 12.5 Å². The summed E-state index contributed by atoms with van der Waals surface area (Å²) >= 11 is 0. The molecule has 1 aliphatic heterocycles. The Labute approximate surface area is 98.9 Å². The van der Waals surface area contributed by atoms with Crippen LogP contribution in [0.1, 0.15) is 24.5 Å². The third-order valence-corrected chi connectivity index (χ3v) is 2.82. The molecule has 4 nitrogen and oxygen atoms in total. The summed E-state index contributed by atoms with van der Waals surface area (Å²) in [6.07, 6.45) is 3.06. The van der Waals surface area contributed by atoms with Gasteiger partial charge in [0.05, 0.1) is 24.6 Å². The van der Waals surface area contributed by atoms with Crippen LogP contribution in [0.15, 0.2) is 12.4 Å². The van der Waals surface area contributed by atoms with Crippen LogP contribution in [0, 0.1) is 0 Å². The standard InChI is InChI=1S/C11H16F2N4/c12-10(13)6-17-11-7-15-9(5-16-11)8-2-1-3-14-4-8/h5,7-8,10,14H,1-4,6H2,(H,16,17)/t8-/m1/s1. The van der Waals surface area contributed by atoms with Gasteiger partial charge in [-0.15, -0.1) is 0 Å². The summed E-state index contributed by atoms with van der Waals surface area (Å²) in [5.41, 5.74) is 0.930. The number of halogens is 2. The molecule has 0 bridgehead atoms. The summed E-state index contributed by atoms with van der Waals surface area (Å²) in [7, 11) is 0. The van der Waals surface area contributed by atoms with Crippen molar-refractivity contribution in [3.63, 3.8) is 0 Å². The predicted molar refractivity (Wildman–Crippen MR) is 61.4 cm³/mol. The topological polar surface area (TPSA) is 49.8 Å². The highest BCUT2D eigenvalue weighted by Crippen LogP contribution is 2.20. The fraction of sp³-hybridized carbons (Fsp3) is 0.636. The number of hydrogen-bond donors (Lipinski definition) is 2. The maximum absolute atomic E-state index is 12.0. The van der Waals surface area contributed by atoms with E-state index in [1.54, 1.807) is 6.20 Å². The van der Waals surface area contributed by atoms with Gasteiger partial charge in [0.2, 0.25) is 0 Å². The van der Waals surface area contributed by atoms with E-state index in [1.165, 1.54) is 6.20 Å². The normalized spacial score (nSPS) is 20.5. The van der Waals surface area contributed by atoms with E-state index in [1.807, 2.05) is 0 Å². The van der Waals surface area contributed by atoms with Crippen molar-refractivity contribution < 1.29 is 8.78 Å². The van der Waals surface area contributed by atoms with E-state index < -0.39 is 6.43 Å². The molecule has 1 aromatic heterocycles. The Hall–Kier alpha value is -1.30. The predicted octanol–water partition coefficient (Wildman–Crippen LogP) is 1.62. The average Bonchev–Trinajstić information content (AvgIpc) is 2.38. The Morgan fingerprint density at radius 1 is 1.41 bits per heavy atom. The number of alkyl halides is 2. The van der Waals surface area contributed by atoms with Gasteiger partial charge in [-0.25, -0.2) is 13.8 Å². The number of aromatic nitrogens is 2. The lowest BCUT2D eigenvalue weighted by molar-refractivity contribution is 0.163. The Morgan fingerprint density at radius 2 is 2.29 bits per heavy atom. The first kappa shape index (κ1) is 12.2. The van der Waals surface area contributed by atoms with Crippen molar-refractivity contribution in [1.82, 2.24) is 15.3 Å². The first-order valence-electron chi connectivity index (χ1n) is 5.80. The van der Waals surface area contributed by atoms with Gasteiger partial charge in [0.15, 0.2) is 0 Å². The van der Waals surface area contributed by atoms with E-state index in [0.29, 0.717) is 11.7 Å². The van der Waals surface area contributed by atoms with Gasteiger partial charge >= 0.3 is 0 Å². The fourth-order valence-electron chi connectivity index (χ4n) is 1.93. The first-order valence-corrected chi connectivity index (χ1v) is 5.80. The summed E-state index contributed by atoms with van der Waals surface area (Å²) in [5.74, 6) is 0.790. The van der Waals surface area contributed by atoms with Gasteiger partial charge in [-0.3, -0.25) is 4.98 Å². The second-order valence-electron chi connectivity index (χ2n) is 4.14. The fourth-order valence-corrected chi connectivity index (χ4v) is 1.93. The molecule has 1 fully saturated rings. The Morgan fingerprint density at radius 3 is 2.88 bits per heavy atom. The molecule has 1 saturated heterocycles. The van der Waals surface area contributed by atoms with Crippen molar-refractivity contribution in [1.29, 1.82) is 0 Å². The number of hydrogen-bond acceptors (Lipinski definition) is 4. The molecule has 94 valence electrons. The molecule has 1 atom stereocenters. The van der Waals surface area contributed by atoms with Crippen molar-refractivity contribution in [2.75, 3.05) is 25.0 Å². The molecule has 2 N–H and O–H groups in total. The molecule has 0 spiro atoms. The second-order valence-corrected chi connectivity index (χ2v) is 4.14. The molecule has 0 aromatic carbocycles. The highest BCUT2D eigenvalue weighted by Gasteiger charge is 2.16. The van der Waals surface area contributed by atoms with E-state index in [4.69, 9.17) is 0 Å². The van der Waals surface area contributed by atoms with E-state index in [0.717, 1.165) is 31.6 Å². The van der Waals surface area contributed by atoms with Crippen LogP contribution in [0.3, 0.4) is 0 Å². The van der Waals surface area contributed by atoms with E-state index in [2.05, 4.69) is 20.6 Å². The zero-order valence-electron chi connectivity index (χ0n) is 9.50. The smallest absolute Gasteiger partial charge is 0.255 e. The quantitative estimate of drug-likeness (QED) is 0.842. The van der Waals surface area contributed by atoms with Crippen LogP contribution in [-0.4, -0.2) is 36.0 Å². The number of anilines is 1. The molecule has 6 heteroatoms. The van der Waals surface area contributed by atoms with Crippen LogP contribution in [-0.2, 0) is 0 Å². The minimum atomic E-state index is -2.38. The van der Waals surface area contributed by atoms with Gasteiger partial charge in [0.25, 0.3) is 6.43 Å². The van der Waals surface area contributed by atoms with Gasteiger partial charge in [-0.2, -0.15) is 0 Å². The van der Waals surface area contributed by atoms with E-state index >= 15 is 0 Å². The third kappa shape index (κ3) is 3.59. The molecular formula is C11H16F2N4. The molecule has 0 unspecified atom stereocenters. The van der Waals surface area contributed by atoms with E-state index in [9.17, 15) is 8.78 Å². The summed E-state index contributed by atoms with van der Waals surface area (Å²) in [6, 6.07) is 0. The maximum Gasteiger partial charge on any atom is 0.255 e. The van der Waals surface area contributed by atoms with Gasteiger partial charge in [-0.05, 0) is 19.4 Å². The Kier molecular flexibility index (Phi) is 4.19. The number of nitrogens with one attached hydrogen (secondary N) is 2. The van der Waals surface area contributed by atoms with Crippen LogP contribution in [0.5, 0.6) is 0 Å². The third-order valence-electron chi connectivity index (χ3n) is 2.82. The zero-order valence-corrected chi connectivity index (χ0v) is 9.50. The largest absolute Gasteiger partial charge is 0.363 e. The van der Waals surface area contributed by atoms with Gasteiger partial charge in [0.1, 0.15) is 5.82 Å². The van der Waals surface area contributed by atoms with Gasteiger partial charge in [-0.1, -0.05) is 0 Å². The summed E-state index contributed by atoms with van der Waals surface area (Å²) < 4.78 is 23.9. The number of rotatable bonds is 4. The Balaban J connectivity index is 1.92. The molecular weight excluding hydrogens is 226 g/mol. The van der Waals surface area contributed by atoms with Crippen LogP contribution in [0.4, 0.5) is 14.6 Å². The number of piperidine rings is 1. The minimum absolute atomic E-state index is 0.389. The van der Waals surface area contributed by atoms with Crippen LogP contribution in [0.25, 0.3) is 0 Å². The first-order chi connectivity index (χ1) is 8.25. The molecule has 0 radical (unpaired) electrons. The highest BCUT2D eigenvalue weighted by molar-refractivity contribution is 5.31. The average molecular weight is 242 g/mol. The summed E-state index contributed by atoms with van der Waals surface area (Å²) in [5, 5.41) is 5.84. The van der Waals surface area contributed by atoms with E-state index in [-0.39, 0.29) is 6.54 Å².